The van der Waals surface area contributed by atoms with Crippen LogP contribution in [-0.2, 0) is 0 Å². The van der Waals surface area contributed by atoms with Crippen molar-refractivity contribution in [2.45, 2.75) is 0 Å². The summed E-state index contributed by atoms with van der Waals surface area (Å²) >= 11 is 0. The minimum Gasteiger partial charge on any atom is -0.256 e. The highest BCUT2D eigenvalue weighted by Crippen LogP contribution is 2.39. The molecule has 9 aromatic rings. The summed E-state index contributed by atoms with van der Waals surface area (Å²) in [6.07, 6.45) is 1.81. The van der Waals surface area contributed by atoms with Gasteiger partial charge in [0.15, 0.2) is 17.5 Å². The molecule has 2 aromatic heterocycles. The Hall–Kier alpha value is -6.26. The van der Waals surface area contributed by atoms with Gasteiger partial charge in [-0.1, -0.05) is 140 Å². The van der Waals surface area contributed by atoms with Crippen molar-refractivity contribution in [3.05, 3.63) is 158 Å². The topological polar surface area (TPSA) is 51.6 Å². The molecule has 0 atom stereocenters. The first-order valence-electron chi connectivity index (χ1n) is 15.4. The van der Waals surface area contributed by atoms with E-state index in [0.717, 1.165) is 33.5 Å². The Morgan fingerprint density at radius 2 is 0.848 bits per heavy atom. The van der Waals surface area contributed by atoms with Gasteiger partial charge in [0.1, 0.15) is 0 Å². The van der Waals surface area contributed by atoms with Crippen LogP contribution in [0, 0.1) is 0 Å². The zero-order valence-corrected chi connectivity index (χ0v) is 24.8. The van der Waals surface area contributed by atoms with Gasteiger partial charge in [-0.15, -0.1) is 0 Å². The number of aromatic nitrogens is 4. The van der Waals surface area contributed by atoms with E-state index in [-0.39, 0.29) is 0 Å². The van der Waals surface area contributed by atoms with Crippen LogP contribution in [0.3, 0.4) is 0 Å². The summed E-state index contributed by atoms with van der Waals surface area (Å²) in [6.45, 7) is 0. The second-order valence-corrected chi connectivity index (χ2v) is 11.5. The van der Waals surface area contributed by atoms with Gasteiger partial charge in [-0.05, 0) is 55.6 Å². The summed E-state index contributed by atoms with van der Waals surface area (Å²) in [6, 6.07) is 52.8. The number of hydrogen-bond donors (Lipinski definition) is 0. The molecule has 4 nitrogen and oxygen atoms in total. The smallest absolute Gasteiger partial charge is 0.164 e. The first-order chi connectivity index (χ1) is 22.8. The lowest BCUT2D eigenvalue weighted by atomic mass is 9.90. The van der Waals surface area contributed by atoms with Crippen molar-refractivity contribution in [1.82, 2.24) is 19.9 Å². The quantitative estimate of drug-likeness (QED) is 0.188. The number of hydrogen-bond acceptors (Lipinski definition) is 4. The molecule has 0 N–H and O–H groups in total. The van der Waals surface area contributed by atoms with Crippen molar-refractivity contribution in [2.75, 3.05) is 0 Å². The lowest BCUT2D eigenvalue weighted by molar-refractivity contribution is 1.07. The zero-order chi connectivity index (χ0) is 30.5. The van der Waals surface area contributed by atoms with E-state index in [2.05, 4.69) is 108 Å². The summed E-state index contributed by atoms with van der Waals surface area (Å²) in [5, 5.41) is 7.72. The molecule has 0 saturated carbocycles. The largest absolute Gasteiger partial charge is 0.256 e. The summed E-state index contributed by atoms with van der Waals surface area (Å²) in [4.78, 5) is 19.3. The molecule has 0 aliphatic heterocycles. The van der Waals surface area contributed by atoms with Gasteiger partial charge in [-0.3, -0.25) is 4.98 Å². The number of rotatable bonds is 5. The maximum absolute atomic E-state index is 4.97. The Morgan fingerprint density at radius 1 is 0.326 bits per heavy atom. The SMILES string of the molecule is c1ccc(-c2nc(-c3ccc(-c4ccccn4)cc3)nc(-c3ccc(-c4ccc5ccc6cccc7ccc4c5c67)cc3)n2)cc1. The van der Waals surface area contributed by atoms with Crippen molar-refractivity contribution in [1.29, 1.82) is 0 Å². The molecule has 0 bridgehead atoms. The third kappa shape index (κ3) is 4.47. The molecule has 0 fully saturated rings. The molecular weight excluding hydrogens is 560 g/mol. The monoisotopic (exact) mass is 586 g/mol. The van der Waals surface area contributed by atoms with Gasteiger partial charge < -0.3 is 0 Å². The van der Waals surface area contributed by atoms with Crippen LogP contribution in [0.2, 0.25) is 0 Å². The summed E-state index contributed by atoms with van der Waals surface area (Å²) in [7, 11) is 0. The van der Waals surface area contributed by atoms with Gasteiger partial charge in [-0.25, -0.2) is 15.0 Å². The first-order valence-corrected chi connectivity index (χ1v) is 15.4. The van der Waals surface area contributed by atoms with Gasteiger partial charge in [0.05, 0.1) is 5.69 Å². The van der Waals surface area contributed by atoms with E-state index in [4.69, 9.17) is 15.0 Å². The molecule has 46 heavy (non-hydrogen) atoms. The second-order valence-electron chi connectivity index (χ2n) is 11.5. The summed E-state index contributed by atoms with van der Waals surface area (Å²) in [5.74, 6) is 1.91. The lowest BCUT2D eigenvalue weighted by Crippen LogP contribution is -2.00. The minimum atomic E-state index is 0.632. The lowest BCUT2D eigenvalue weighted by Gasteiger charge is -2.14. The van der Waals surface area contributed by atoms with Crippen LogP contribution < -0.4 is 0 Å². The normalized spacial score (nSPS) is 11.5. The third-order valence-electron chi connectivity index (χ3n) is 8.75. The Kier molecular flexibility index (Phi) is 6.10. The molecule has 2 heterocycles. The highest BCUT2D eigenvalue weighted by molar-refractivity contribution is 6.25. The van der Waals surface area contributed by atoms with Gasteiger partial charge in [0.25, 0.3) is 0 Å². The summed E-state index contributed by atoms with van der Waals surface area (Å²) < 4.78 is 0. The van der Waals surface area contributed by atoms with Gasteiger partial charge >= 0.3 is 0 Å². The van der Waals surface area contributed by atoms with Crippen LogP contribution in [0.5, 0.6) is 0 Å². The van der Waals surface area contributed by atoms with Gasteiger partial charge in [0.2, 0.25) is 0 Å². The molecule has 0 amide bonds. The van der Waals surface area contributed by atoms with Crippen LogP contribution in [0.4, 0.5) is 0 Å². The molecule has 7 aromatic carbocycles. The van der Waals surface area contributed by atoms with Crippen LogP contribution >= 0.6 is 0 Å². The predicted octanol–water partition coefficient (Wildman–Crippen LogP) is 10.5. The Morgan fingerprint density at radius 3 is 1.48 bits per heavy atom. The molecular formula is C42H26N4. The van der Waals surface area contributed by atoms with Crippen LogP contribution in [0.25, 0.3) is 88.9 Å². The number of nitrogens with zero attached hydrogens (tertiary/aromatic N) is 4. The molecule has 9 rings (SSSR count). The van der Waals surface area contributed by atoms with Gasteiger partial charge in [-0.2, -0.15) is 0 Å². The fraction of sp³-hybridized carbons (Fsp3) is 0. The highest BCUT2D eigenvalue weighted by atomic mass is 15.0. The Labute approximate surface area is 266 Å². The molecule has 0 aliphatic carbocycles. The molecule has 0 spiro atoms. The first kappa shape index (κ1) is 26.2. The second kappa shape index (κ2) is 10.7. The van der Waals surface area contributed by atoms with Crippen molar-refractivity contribution in [3.63, 3.8) is 0 Å². The van der Waals surface area contributed by atoms with E-state index in [0.29, 0.717) is 17.5 Å². The molecule has 0 aliphatic rings. The molecule has 214 valence electrons. The van der Waals surface area contributed by atoms with E-state index >= 15 is 0 Å². The van der Waals surface area contributed by atoms with Crippen LogP contribution in [0.1, 0.15) is 0 Å². The van der Waals surface area contributed by atoms with Crippen LogP contribution in [-0.4, -0.2) is 19.9 Å². The molecule has 0 saturated heterocycles. The fourth-order valence-electron chi connectivity index (χ4n) is 6.46. The molecule has 4 heteroatoms. The number of pyridine rings is 1. The maximum Gasteiger partial charge on any atom is 0.164 e. The average molecular weight is 587 g/mol. The standard InChI is InChI=1S/C42H26N4/c1-2-7-32(8-3-1)40-44-41(46-42(45-40)34-20-14-28(15-21-34)37-11-4-5-26-43-37)33-18-12-27(13-19-33)35-24-22-31-17-16-29-9-6-10-30-23-25-36(35)39(31)38(29)30/h1-26H. The Bertz CT molecular complexity index is 2470. The van der Waals surface area contributed by atoms with Crippen LogP contribution in [0.15, 0.2) is 158 Å². The van der Waals surface area contributed by atoms with Crippen molar-refractivity contribution < 1.29 is 0 Å². The highest BCUT2D eigenvalue weighted by Gasteiger charge is 2.15. The summed E-state index contributed by atoms with van der Waals surface area (Å²) in [5.41, 5.74) is 7.15. The maximum atomic E-state index is 4.97. The zero-order valence-electron chi connectivity index (χ0n) is 24.8. The average Bonchev–Trinajstić information content (AvgIpc) is 3.14. The molecule has 0 unspecified atom stereocenters. The fourth-order valence-corrected chi connectivity index (χ4v) is 6.46. The van der Waals surface area contributed by atoms with E-state index in [9.17, 15) is 0 Å². The van der Waals surface area contributed by atoms with E-state index in [1.807, 2.05) is 54.7 Å². The predicted molar refractivity (Wildman–Crippen MR) is 189 cm³/mol. The van der Waals surface area contributed by atoms with Gasteiger partial charge in [0, 0.05) is 28.5 Å². The van der Waals surface area contributed by atoms with E-state index in [1.54, 1.807) is 0 Å². The van der Waals surface area contributed by atoms with Crippen molar-refractivity contribution in [3.8, 4) is 56.5 Å². The van der Waals surface area contributed by atoms with E-state index in [1.165, 1.54) is 37.9 Å². The third-order valence-corrected chi connectivity index (χ3v) is 8.75. The van der Waals surface area contributed by atoms with Crippen molar-refractivity contribution in [2.24, 2.45) is 0 Å². The van der Waals surface area contributed by atoms with E-state index < -0.39 is 0 Å². The number of benzene rings is 7. The van der Waals surface area contributed by atoms with Crippen molar-refractivity contribution >= 4 is 32.3 Å². The Balaban J connectivity index is 1.13. The minimum absolute atomic E-state index is 0.632. The molecule has 0 radical (unpaired) electrons.